The van der Waals surface area contributed by atoms with Crippen LogP contribution in [0.15, 0.2) is 128 Å². The smallest absolute Gasteiger partial charge is 0.344 e. The van der Waals surface area contributed by atoms with E-state index in [4.69, 9.17) is 14.5 Å². The van der Waals surface area contributed by atoms with Gasteiger partial charge in [-0.1, -0.05) is 78.9 Å². The fourth-order valence-electron chi connectivity index (χ4n) is 6.62. The van der Waals surface area contributed by atoms with Gasteiger partial charge >= 0.3 is 12.0 Å². The van der Waals surface area contributed by atoms with Crippen LogP contribution >= 0.6 is 0 Å². The first kappa shape index (κ1) is 33.2. The van der Waals surface area contributed by atoms with Gasteiger partial charge in [-0.15, -0.1) is 6.58 Å². The Morgan fingerprint density at radius 3 is 2.27 bits per heavy atom. The molecule has 1 unspecified atom stereocenters. The Labute approximate surface area is 295 Å². The minimum Gasteiger partial charge on any atom is -0.494 e. The number of methoxy groups -OCH3 is 1. The number of hydrogen-bond donors (Lipinski definition) is 3. The van der Waals surface area contributed by atoms with E-state index in [0.717, 1.165) is 5.56 Å². The summed E-state index contributed by atoms with van der Waals surface area (Å²) in [5.41, 5.74) is 5.07. The minimum atomic E-state index is -1.48. The van der Waals surface area contributed by atoms with Crippen LogP contribution < -0.4 is 25.2 Å². The topological polar surface area (TPSA) is 133 Å². The molecule has 2 heterocycles. The lowest BCUT2D eigenvalue weighted by Crippen LogP contribution is -2.56. The second-order valence-corrected chi connectivity index (χ2v) is 12.6. The number of rotatable bonds is 11. The Balaban J connectivity index is 1.26. The first-order chi connectivity index (χ1) is 24.8. The van der Waals surface area contributed by atoms with Crippen molar-refractivity contribution >= 4 is 40.2 Å². The van der Waals surface area contributed by atoms with E-state index < -0.39 is 41.5 Å². The number of para-hydroxylation sites is 3. The van der Waals surface area contributed by atoms with Crippen molar-refractivity contribution in [3.05, 3.63) is 128 Å². The highest BCUT2D eigenvalue weighted by Gasteiger charge is 2.61. The number of hydrogen-bond acceptors (Lipinski definition) is 7. The second kappa shape index (κ2) is 13.9. The van der Waals surface area contributed by atoms with Gasteiger partial charge in [0.15, 0.2) is 0 Å². The maximum Gasteiger partial charge on any atom is 0.344 e. The number of aliphatic carboxylic acids is 1. The number of carbonyl (C=O) groups excluding carboxylic acids is 2. The predicted octanol–water partition coefficient (Wildman–Crippen LogP) is 6.53. The van der Waals surface area contributed by atoms with E-state index in [1.54, 1.807) is 19.2 Å². The lowest BCUT2D eigenvalue weighted by Gasteiger charge is -2.32. The molecular formula is C40H37N5O6. The van der Waals surface area contributed by atoms with E-state index in [1.165, 1.54) is 16.0 Å². The van der Waals surface area contributed by atoms with Gasteiger partial charge in [-0.25, -0.2) is 19.6 Å². The van der Waals surface area contributed by atoms with Crippen molar-refractivity contribution in [1.82, 2.24) is 15.2 Å². The summed E-state index contributed by atoms with van der Waals surface area (Å²) >= 11 is 0. The van der Waals surface area contributed by atoms with E-state index >= 15 is 0 Å². The third-order valence-electron chi connectivity index (χ3n) is 9.41. The van der Waals surface area contributed by atoms with Crippen molar-refractivity contribution in [2.75, 3.05) is 24.1 Å². The first-order valence-corrected chi connectivity index (χ1v) is 16.7. The van der Waals surface area contributed by atoms with E-state index in [1.807, 2.05) is 103 Å². The van der Waals surface area contributed by atoms with Crippen LogP contribution in [0, 0.1) is 5.92 Å². The summed E-state index contributed by atoms with van der Waals surface area (Å²) in [6.45, 7) is 3.78. The predicted molar refractivity (Wildman–Crippen MR) is 194 cm³/mol. The summed E-state index contributed by atoms with van der Waals surface area (Å²) in [6.07, 6.45) is 1.21. The van der Waals surface area contributed by atoms with Gasteiger partial charge < -0.3 is 24.8 Å². The number of aromatic nitrogens is 1. The molecule has 1 saturated heterocycles. The molecule has 7 rings (SSSR count). The Hall–Kier alpha value is -6.36. The van der Waals surface area contributed by atoms with Crippen molar-refractivity contribution < 1.29 is 29.0 Å². The number of anilines is 2. The van der Waals surface area contributed by atoms with Crippen LogP contribution in [0.1, 0.15) is 12.8 Å². The number of fused-ring (bicyclic) bond motifs is 1. The number of amides is 3. The van der Waals surface area contributed by atoms with Crippen molar-refractivity contribution in [2.45, 2.75) is 30.5 Å². The fraction of sp³-hybridized carbons (Fsp3) is 0.200. The van der Waals surface area contributed by atoms with Gasteiger partial charge in [0.1, 0.15) is 34.7 Å². The number of pyridine rings is 1. The van der Waals surface area contributed by atoms with Crippen molar-refractivity contribution in [2.24, 2.45) is 5.92 Å². The molecule has 0 bridgehead atoms. The Morgan fingerprint density at radius 1 is 0.941 bits per heavy atom. The zero-order valence-corrected chi connectivity index (χ0v) is 27.9. The van der Waals surface area contributed by atoms with Gasteiger partial charge in [-0.3, -0.25) is 10.2 Å². The highest BCUT2D eigenvalue weighted by Crippen LogP contribution is 2.45. The number of carboxylic acids is 1. The molecule has 51 heavy (non-hydrogen) atoms. The summed E-state index contributed by atoms with van der Waals surface area (Å²) in [4.78, 5) is 47.4. The number of urea groups is 1. The van der Waals surface area contributed by atoms with Gasteiger partial charge in [0.05, 0.1) is 30.7 Å². The molecule has 4 aromatic carbocycles. The van der Waals surface area contributed by atoms with Crippen molar-refractivity contribution in [3.63, 3.8) is 0 Å². The molecule has 1 saturated carbocycles. The monoisotopic (exact) mass is 683 g/mol. The molecular weight excluding hydrogens is 646 g/mol. The maximum absolute atomic E-state index is 14.6. The third-order valence-corrected chi connectivity index (χ3v) is 9.41. The quantitative estimate of drug-likeness (QED) is 0.106. The van der Waals surface area contributed by atoms with Gasteiger partial charge in [-0.2, -0.15) is 0 Å². The van der Waals surface area contributed by atoms with Crippen LogP contribution in [0.25, 0.3) is 22.2 Å². The zero-order valence-electron chi connectivity index (χ0n) is 27.9. The number of nitrogens with one attached hydrogen (secondary N) is 2. The minimum absolute atomic E-state index is 0.0378. The van der Waals surface area contributed by atoms with E-state index in [-0.39, 0.29) is 19.4 Å². The Kier molecular flexibility index (Phi) is 9.01. The standard InChI is InChI=1S/C40H37N5O6/c1-3-27-24-40(27,38(47)48)42-37(46)33-22-30(25-44(33)39(49)45(29-18-11-6-12-19-29)43-28-16-9-5-10-17-28)51-35-23-32(26-14-7-4-8-15-26)41-36-31(35)20-13-21-34(36)50-2/h3-21,23,27,30,33,43H,1,22,24-25H2,2H3,(H,42,46)(H,47,48)/t27?,30-,33+,40-/m1/s1. The van der Waals surface area contributed by atoms with E-state index in [0.29, 0.717) is 39.5 Å². The number of carbonyl (C=O) groups is 3. The van der Waals surface area contributed by atoms with Gasteiger partial charge in [0, 0.05) is 29.4 Å². The second-order valence-electron chi connectivity index (χ2n) is 12.6. The number of benzene rings is 4. The average Bonchev–Trinajstić information content (AvgIpc) is 3.73. The Morgan fingerprint density at radius 2 is 1.63 bits per heavy atom. The van der Waals surface area contributed by atoms with Crippen molar-refractivity contribution in [3.8, 4) is 22.8 Å². The lowest BCUT2D eigenvalue weighted by atomic mass is 10.1. The molecule has 2 fully saturated rings. The molecule has 11 heteroatoms. The van der Waals surface area contributed by atoms with Crippen LogP contribution in [0.5, 0.6) is 11.5 Å². The van der Waals surface area contributed by atoms with Gasteiger partial charge in [0.25, 0.3) is 0 Å². The number of nitrogens with zero attached hydrogens (tertiary/aromatic N) is 3. The van der Waals surface area contributed by atoms with Crippen LogP contribution in [-0.2, 0) is 9.59 Å². The van der Waals surface area contributed by atoms with Crippen molar-refractivity contribution in [1.29, 1.82) is 0 Å². The van der Waals surface area contributed by atoms with Crippen LogP contribution in [0.2, 0.25) is 0 Å². The highest BCUT2D eigenvalue weighted by atomic mass is 16.5. The Bertz CT molecular complexity index is 2080. The van der Waals surface area contributed by atoms with Crippen LogP contribution in [0.4, 0.5) is 16.2 Å². The molecule has 3 N–H and O–H groups in total. The van der Waals surface area contributed by atoms with Crippen LogP contribution in [0.3, 0.4) is 0 Å². The molecule has 1 aliphatic carbocycles. The van der Waals surface area contributed by atoms with Gasteiger partial charge in [0.2, 0.25) is 5.91 Å². The number of carboxylic acid groups (broad SMARTS) is 1. The normalized spacial score (nSPS) is 20.6. The summed E-state index contributed by atoms with van der Waals surface area (Å²) < 4.78 is 12.4. The molecule has 0 spiro atoms. The molecule has 1 aliphatic heterocycles. The molecule has 1 aromatic heterocycles. The molecule has 2 aliphatic rings. The lowest BCUT2D eigenvalue weighted by molar-refractivity contribution is -0.144. The summed E-state index contributed by atoms with van der Waals surface area (Å²) in [6, 6.07) is 33.8. The number of hydrazine groups is 1. The molecule has 11 nitrogen and oxygen atoms in total. The molecule has 258 valence electrons. The third kappa shape index (κ3) is 6.53. The average molecular weight is 684 g/mol. The van der Waals surface area contributed by atoms with E-state index in [2.05, 4.69) is 17.3 Å². The van der Waals surface area contributed by atoms with Crippen LogP contribution in [-0.4, -0.2) is 64.2 Å². The summed E-state index contributed by atoms with van der Waals surface area (Å²) in [5.74, 6) is -1.07. The number of ether oxygens (including phenoxy) is 2. The fourth-order valence-corrected chi connectivity index (χ4v) is 6.62. The zero-order chi connectivity index (χ0) is 35.5. The summed E-state index contributed by atoms with van der Waals surface area (Å²) in [7, 11) is 1.58. The molecule has 3 amide bonds. The SMILES string of the molecule is C=CC1C[C@]1(NC(=O)[C@@H]1C[C@@H](Oc2cc(-c3ccccc3)nc3c(OC)cccc23)CN1C(=O)N(Nc1ccccc1)c1ccccc1)C(=O)O. The largest absolute Gasteiger partial charge is 0.494 e. The summed E-state index contributed by atoms with van der Waals surface area (Å²) in [5, 5.41) is 14.9. The molecule has 5 aromatic rings. The molecule has 0 radical (unpaired) electrons. The molecule has 4 atom stereocenters. The van der Waals surface area contributed by atoms with Gasteiger partial charge in [-0.05, 0) is 42.8 Å². The maximum atomic E-state index is 14.6. The first-order valence-electron chi connectivity index (χ1n) is 16.7. The van der Waals surface area contributed by atoms with E-state index in [9.17, 15) is 19.5 Å². The number of likely N-dealkylation sites (tertiary alicyclic amines) is 1. The highest BCUT2D eigenvalue weighted by molar-refractivity contribution is 5.99.